The number of benzene rings is 3. The number of ether oxygens (including phenoxy) is 1. The lowest BCUT2D eigenvalue weighted by Crippen LogP contribution is -2.32. The van der Waals surface area contributed by atoms with E-state index >= 15 is 0 Å². The molecule has 200 valence electrons. The van der Waals surface area contributed by atoms with Gasteiger partial charge in [-0.05, 0) is 59.9 Å². The maximum absolute atomic E-state index is 13.1. The van der Waals surface area contributed by atoms with Crippen LogP contribution in [0.3, 0.4) is 0 Å². The van der Waals surface area contributed by atoms with Crippen molar-refractivity contribution in [3.05, 3.63) is 99.7 Å². The van der Waals surface area contributed by atoms with Gasteiger partial charge in [0.25, 0.3) is 11.8 Å². The highest BCUT2D eigenvalue weighted by Crippen LogP contribution is 2.31. The molecule has 0 fully saturated rings. The first kappa shape index (κ1) is 27.6. The second-order valence-corrected chi connectivity index (χ2v) is 9.26. The Kier molecular flexibility index (Phi) is 8.46. The molecule has 0 radical (unpaired) electrons. The molecule has 2 N–H and O–H groups in total. The summed E-state index contributed by atoms with van der Waals surface area (Å²) in [6.45, 7) is 4.11. The Hall–Kier alpha value is -4.43. The van der Waals surface area contributed by atoms with Crippen molar-refractivity contribution in [2.75, 3.05) is 22.6 Å². The monoisotopic (exact) mass is 545 g/mol. The SMILES string of the molecule is CCc1cccc(CC)c1NC(=O)Cc1ccc(NC2=C(Cl)C(=O)N(c3cccc(C(=O)OC)c3)C2=O)cc1. The molecule has 3 aromatic carbocycles. The number of para-hydroxylation sites is 1. The van der Waals surface area contributed by atoms with E-state index in [9.17, 15) is 19.2 Å². The predicted molar refractivity (Wildman–Crippen MR) is 151 cm³/mol. The first-order valence-corrected chi connectivity index (χ1v) is 12.9. The Bertz CT molecular complexity index is 1460. The van der Waals surface area contributed by atoms with E-state index in [1.54, 1.807) is 30.3 Å². The van der Waals surface area contributed by atoms with Crippen LogP contribution in [0.1, 0.15) is 40.9 Å². The van der Waals surface area contributed by atoms with Crippen LogP contribution in [-0.4, -0.2) is 30.8 Å². The Labute approximate surface area is 231 Å². The smallest absolute Gasteiger partial charge is 0.337 e. The average Bonchev–Trinajstić information content (AvgIpc) is 3.16. The van der Waals surface area contributed by atoms with E-state index in [-0.39, 0.29) is 34.3 Å². The van der Waals surface area contributed by atoms with Crippen LogP contribution >= 0.6 is 11.6 Å². The van der Waals surface area contributed by atoms with Crippen molar-refractivity contribution in [3.8, 4) is 0 Å². The van der Waals surface area contributed by atoms with Gasteiger partial charge in [0, 0.05) is 11.4 Å². The van der Waals surface area contributed by atoms with Crippen molar-refractivity contribution >= 4 is 52.4 Å². The Morgan fingerprint density at radius 2 is 1.54 bits per heavy atom. The Balaban J connectivity index is 1.45. The van der Waals surface area contributed by atoms with Gasteiger partial charge in [0.15, 0.2) is 0 Å². The Morgan fingerprint density at radius 1 is 0.897 bits per heavy atom. The molecule has 3 aromatic rings. The predicted octanol–water partition coefficient (Wildman–Crippen LogP) is 5.21. The average molecular weight is 546 g/mol. The summed E-state index contributed by atoms with van der Waals surface area (Å²) in [6, 6.07) is 18.9. The molecule has 1 aliphatic heterocycles. The van der Waals surface area contributed by atoms with E-state index < -0.39 is 17.8 Å². The molecule has 3 amide bonds. The van der Waals surface area contributed by atoms with Gasteiger partial charge in [0.05, 0.1) is 24.8 Å². The van der Waals surface area contributed by atoms with E-state index in [0.717, 1.165) is 40.1 Å². The minimum atomic E-state index is -0.710. The van der Waals surface area contributed by atoms with Gasteiger partial charge < -0.3 is 15.4 Å². The van der Waals surface area contributed by atoms with Gasteiger partial charge in [-0.25, -0.2) is 9.69 Å². The summed E-state index contributed by atoms with van der Waals surface area (Å²) in [5, 5.41) is 5.70. The van der Waals surface area contributed by atoms with Crippen LogP contribution in [0, 0.1) is 0 Å². The number of amides is 3. The van der Waals surface area contributed by atoms with Gasteiger partial charge in [-0.2, -0.15) is 0 Å². The summed E-state index contributed by atoms with van der Waals surface area (Å²) in [5.74, 6) is -2.09. The molecule has 4 rings (SSSR count). The number of imide groups is 1. The topological polar surface area (TPSA) is 105 Å². The third-order valence-electron chi connectivity index (χ3n) is 6.40. The minimum Gasteiger partial charge on any atom is -0.465 e. The summed E-state index contributed by atoms with van der Waals surface area (Å²) < 4.78 is 4.71. The normalized spacial score (nSPS) is 13.1. The van der Waals surface area contributed by atoms with E-state index in [2.05, 4.69) is 24.5 Å². The number of methoxy groups -OCH3 is 1. The number of hydrogen-bond donors (Lipinski definition) is 2. The fraction of sp³-hybridized carbons (Fsp3) is 0.200. The zero-order chi connectivity index (χ0) is 28.1. The number of carbonyl (C=O) groups is 4. The highest BCUT2D eigenvalue weighted by molar-refractivity contribution is 6.53. The van der Waals surface area contributed by atoms with E-state index in [1.165, 1.54) is 25.3 Å². The van der Waals surface area contributed by atoms with E-state index in [4.69, 9.17) is 16.3 Å². The number of nitrogens with zero attached hydrogens (tertiary/aromatic N) is 1. The summed E-state index contributed by atoms with van der Waals surface area (Å²) >= 11 is 6.23. The number of nitrogens with one attached hydrogen (secondary N) is 2. The summed E-state index contributed by atoms with van der Waals surface area (Å²) in [5.41, 5.74) is 4.65. The Morgan fingerprint density at radius 3 is 2.15 bits per heavy atom. The number of halogens is 1. The molecule has 0 atom stereocenters. The maximum atomic E-state index is 13.1. The highest BCUT2D eigenvalue weighted by atomic mass is 35.5. The first-order chi connectivity index (χ1) is 18.8. The van der Waals surface area contributed by atoms with Gasteiger partial charge in [-0.15, -0.1) is 0 Å². The van der Waals surface area contributed by atoms with E-state index in [0.29, 0.717) is 5.69 Å². The van der Waals surface area contributed by atoms with Crippen LogP contribution in [0.5, 0.6) is 0 Å². The molecule has 1 heterocycles. The molecule has 39 heavy (non-hydrogen) atoms. The van der Waals surface area contributed by atoms with Crippen molar-refractivity contribution in [3.63, 3.8) is 0 Å². The quantitative estimate of drug-likeness (QED) is 0.282. The third kappa shape index (κ3) is 5.86. The molecule has 1 aliphatic rings. The number of hydrogen-bond acceptors (Lipinski definition) is 6. The van der Waals surface area contributed by atoms with Gasteiger partial charge >= 0.3 is 5.97 Å². The number of esters is 1. The van der Waals surface area contributed by atoms with E-state index in [1.807, 2.05) is 18.2 Å². The van der Waals surface area contributed by atoms with Crippen molar-refractivity contribution in [1.82, 2.24) is 0 Å². The van der Waals surface area contributed by atoms with Crippen LogP contribution in [0.4, 0.5) is 17.1 Å². The van der Waals surface area contributed by atoms with Gasteiger partial charge in [0.2, 0.25) is 5.91 Å². The van der Waals surface area contributed by atoms with Crippen molar-refractivity contribution in [2.45, 2.75) is 33.1 Å². The van der Waals surface area contributed by atoms with Crippen molar-refractivity contribution in [1.29, 1.82) is 0 Å². The van der Waals surface area contributed by atoms with Crippen LogP contribution in [0.25, 0.3) is 0 Å². The third-order valence-corrected chi connectivity index (χ3v) is 6.75. The van der Waals surface area contributed by atoms with Crippen LogP contribution in [0.15, 0.2) is 77.5 Å². The molecule has 0 saturated carbocycles. The fourth-order valence-corrected chi connectivity index (χ4v) is 4.57. The zero-order valence-corrected chi connectivity index (χ0v) is 22.6. The molecule has 0 aromatic heterocycles. The second-order valence-electron chi connectivity index (χ2n) is 8.88. The number of rotatable bonds is 9. The summed E-state index contributed by atoms with van der Waals surface area (Å²) in [6.07, 6.45) is 1.81. The lowest BCUT2D eigenvalue weighted by atomic mass is 10.0. The first-order valence-electron chi connectivity index (χ1n) is 12.5. The van der Waals surface area contributed by atoms with Crippen LogP contribution < -0.4 is 15.5 Å². The molecule has 8 nitrogen and oxygen atoms in total. The molecular weight excluding hydrogens is 518 g/mol. The van der Waals surface area contributed by atoms with Crippen LogP contribution in [-0.2, 0) is 38.4 Å². The minimum absolute atomic E-state index is 0.0844. The lowest BCUT2D eigenvalue weighted by molar-refractivity contribution is -0.120. The molecule has 0 bridgehead atoms. The number of aryl methyl sites for hydroxylation is 2. The standard InChI is InChI=1S/C30H28ClN3O5/c1-4-19-8-6-9-20(5-2)26(19)33-24(35)16-18-12-14-22(15-13-18)32-27-25(31)28(36)34(29(27)37)23-11-7-10-21(17-23)30(38)39-3/h6-15,17,32H,4-5,16H2,1-3H3,(H,33,35). The molecular formula is C30H28ClN3O5. The zero-order valence-electron chi connectivity index (χ0n) is 21.8. The summed E-state index contributed by atoms with van der Waals surface area (Å²) in [7, 11) is 1.24. The van der Waals surface area contributed by atoms with Crippen molar-refractivity contribution in [2.24, 2.45) is 0 Å². The van der Waals surface area contributed by atoms with Gasteiger partial charge in [0.1, 0.15) is 10.7 Å². The molecule has 0 aliphatic carbocycles. The van der Waals surface area contributed by atoms with Gasteiger partial charge in [-0.1, -0.05) is 61.8 Å². The highest BCUT2D eigenvalue weighted by Gasteiger charge is 2.39. The molecule has 0 unspecified atom stereocenters. The maximum Gasteiger partial charge on any atom is 0.337 e. The van der Waals surface area contributed by atoms with Crippen LogP contribution in [0.2, 0.25) is 0 Å². The molecule has 0 saturated heterocycles. The largest absolute Gasteiger partial charge is 0.465 e. The lowest BCUT2D eigenvalue weighted by Gasteiger charge is -2.16. The fourth-order valence-electron chi connectivity index (χ4n) is 4.36. The summed E-state index contributed by atoms with van der Waals surface area (Å²) in [4.78, 5) is 51.5. The second kappa shape index (κ2) is 12.0. The van der Waals surface area contributed by atoms with Gasteiger partial charge in [-0.3, -0.25) is 14.4 Å². The number of carbonyl (C=O) groups excluding carboxylic acids is 4. The van der Waals surface area contributed by atoms with Crippen molar-refractivity contribution < 1.29 is 23.9 Å². The molecule has 0 spiro atoms. The molecule has 9 heteroatoms. The number of anilines is 3.